The van der Waals surface area contributed by atoms with E-state index in [4.69, 9.17) is 16.3 Å². The number of methoxy groups -OCH3 is 1. The smallest absolute Gasteiger partial charge is 0.0677 e. The zero-order valence-corrected chi connectivity index (χ0v) is 12.9. The molecule has 20 heavy (non-hydrogen) atoms. The van der Waals surface area contributed by atoms with Crippen molar-refractivity contribution in [3.05, 3.63) is 27.8 Å². The van der Waals surface area contributed by atoms with E-state index in [0.29, 0.717) is 0 Å². The molecule has 2 aliphatic rings. The second kappa shape index (κ2) is 6.33. The van der Waals surface area contributed by atoms with Crippen LogP contribution in [0.3, 0.4) is 0 Å². The number of hydrogen-bond acceptors (Lipinski definition) is 3. The largest absolute Gasteiger partial charge is 0.383 e. The maximum Gasteiger partial charge on any atom is 0.0677 e. The van der Waals surface area contributed by atoms with Crippen molar-refractivity contribution in [2.75, 3.05) is 44.8 Å². The minimum absolute atomic E-state index is 0.758. The van der Waals surface area contributed by atoms with E-state index in [-0.39, 0.29) is 0 Å². The summed E-state index contributed by atoms with van der Waals surface area (Å²) in [6.07, 6.45) is 4.50. The number of rotatable bonds is 3. The predicted molar refractivity (Wildman–Crippen MR) is 84.1 cm³/mol. The summed E-state index contributed by atoms with van der Waals surface area (Å²) in [6.45, 7) is 4.88. The number of halogens is 1. The van der Waals surface area contributed by atoms with Crippen molar-refractivity contribution in [3.63, 3.8) is 0 Å². The highest BCUT2D eigenvalue weighted by Gasteiger charge is 2.24. The lowest BCUT2D eigenvalue weighted by molar-refractivity contribution is 0.205. The molecule has 0 amide bonds. The van der Waals surface area contributed by atoms with Crippen molar-refractivity contribution >= 4 is 17.3 Å². The molecule has 0 saturated carbocycles. The Kier molecular flexibility index (Phi) is 4.49. The molecule has 0 aromatic heterocycles. The fraction of sp³-hybridized carbons (Fsp3) is 0.625. The summed E-state index contributed by atoms with van der Waals surface area (Å²) < 4.78 is 5.24. The third-order valence-electron chi connectivity index (χ3n) is 4.39. The summed E-state index contributed by atoms with van der Waals surface area (Å²) in [5, 5.41) is 4.46. The Balaban J connectivity index is 2.00. The van der Waals surface area contributed by atoms with E-state index < -0.39 is 0 Å². The van der Waals surface area contributed by atoms with Crippen molar-refractivity contribution in [1.82, 2.24) is 5.32 Å². The highest BCUT2D eigenvalue weighted by Crippen LogP contribution is 2.39. The molecule has 0 aliphatic carbocycles. The molecule has 0 atom stereocenters. The van der Waals surface area contributed by atoms with Gasteiger partial charge >= 0.3 is 0 Å². The highest BCUT2D eigenvalue weighted by atomic mass is 35.5. The number of anilines is 1. The monoisotopic (exact) mass is 294 g/mol. The van der Waals surface area contributed by atoms with Crippen molar-refractivity contribution < 1.29 is 4.74 Å². The van der Waals surface area contributed by atoms with Crippen LogP contribution in [0.4, 0.5) is 5.69 Å². The first-order valence-electron chi connectivity index (χ1n) is 7.59. The molecule has 1 aromatic rings. The Hall–Kier alpha value is -0.770. The van der Waals surface area contributed by atoms with Gasteiger partial charge in [0.2, 0.25) is 0 Å². The topological polar surface area (TPSA) is 24.5 Å². The maximum atomic E-state index is 6.78. The molecule has 110 valence electrons. The minimum atomic E-state index is 0.758. The molecule has 0 unspecified atom stereocenters. The van der Waals surface area contributed by atoms with E-state index in [0.717, 1.165) is 57.1 Å². The van der Waals surface area contributed by atoms with Gasteiger partial charge < -0.3 is 15.0 Å². The van der Waals surface area contributed by atoms with Crippen molar-refractivity contribution in [2.24, 2.45) is 0 Å². The highest BCUT2D eigenvalue weighted by molar-refractivity contribution is 6.34. The first kappa shape index (κ1) is 14.2. The fourth-order valence-corrected chi connectivity index (χ4v) is 3.83. The molecule has 0 saturated heterocycles. The lowest BCUT2D eigenvalue weighted by atomic mass is 9.93. The second-order valence-electron chi connectivity index (χ2n) is 5.67. The van der Waals surface area contributed by atoms with Crippen molar-refractivity contribution in [2.45, 2.75) is 25.7 Å². The van der Waals surface area contributed by atoms with Crippen LogP contribution < -0.4 is 10.2 Å². The van der Waals surface area contributed by atoms with Gasteiger partial charge in [0.15, 0.2) is 0 Å². The standard InChI is InChI=1S/C16H23ClN2O/c1-20-10-9-19-8-2-3-13-11-12-4-6-18-7-5-14(12)15(17)16(13)19/h11,18H,2-10H2,1H3. The lowest BCUT2D eigenvalue weighted by Crippen LogP contribution is -2.33. The molecule has 1 N–H and O–H groups in total. The second-order valence-corrected chi connectivity index (χ2v) is 6.05. The zero-order chi connectivity index (χ0) is 13.9. The summed E-state index contributed by atoms with van der Waals surface area (Å²) in [4.78, 5) is 2.41. The zero-order valence-electron chi connectivity index (χ0n) is 12.2. The first-order chi connectivity index (χ1) is 9.81. The number of nitrogens with one attached hydrogen (secondary N) is 1. The van der Waals surface area contributed by atoms with E-state index in [1.54, 1.807) is 7.11 Å². The molecular weight excluding hydrogens is 272 g/mol. The molecule has 0 radical (unpaired) electrons. The predicted octanol–water partition coefficient (Wildman–Crippen LogP) is 2.43. The Morgan fingerprint density at radius 3 is 2.95 bits per heavy atom. The molecule has 0 spiro atoms. The van der Waals surface area contributed by atoms with E-state index in [9.17, 15) is 0 Å². The fourth-order valence-electron chi connectivity index (χ4n) is 3.38. The normalized spacial score (nSPS) is 18.4. The summed E-state index contributed by atoms with van der Waals surface area (Å²) in [6, 6.07) is 2.41. The van der Waals surface area contributed by atoms with Gasteiger partial charge in [-0.2, -0.15) is 0 Å². The quantitative estimate of drug-likeness (QED) is 0.927. The number of ether oxygens (including phenoxy) is 1. The lowest BCUT2D eigenvalue weighted by Gasteiger charge is -2.33. The van der Waals surface area contributed by atoms with Gasteiger partial charge in [0.05, 0.1) is 17.3 Å². The minimum Gasteiger partial charge on any atom is -0.383 e. The van der Waals surface area contributed by atoms with Gasteiger partial charge in [0.1, 0.15) is 0 Å². The van der Waals surface area contributed by atoms with Crippen molar-refractivity contribution in [3.8, 4) is 0 Å². The summed E-state index contributed by atoms with van der Waals surface area (Å²) in [7, 11) is 1.76. The molecule has 1 aromatic carbocycles. The summed E-state index contributed by atoms with van der Waals surface area (Å²) in [5.74, 6) is 0. The number of aryl methyl sites for hydroxylation is 1. The van der Waals surface area contributed by atoms with Gasteiger partial charge in [0, 0.05) is 20.2 Å². The third-order valence-corrected chi connectivity index (χ3v) is 4.80. The summed E-state index contributed by atoms with van der Waals surface area (Å²) >= 11 is 6.78. The van der Waals surface area contributed by atoms with E-state index in [2.05, 4.69) is 16.3 Å². The Morgan fingerprint density at radius 1 is 1.25 bits per heavy atom. The van der Waals surface area contributed by atoms with Gasteiger partial charge in [-0.1, -0.05) is 17.7 Å². The molecule has 3 rings (SSSR count). The Labute approximate surface area is 126 Å². The molecule has 0 fully saturated rings. The van der Waals surface area contributed by atoms with Gasteiger partial charge in [-0.25, -0.2) is 0 Å². The van der Waals surface area contributed by atoms with Gasteiger partial charge in [-0.05, 0) is 55.5 Å². The van der Waals surface area contributed by atoms with Gasteiger partial charge in [0.25, 0.3) is 0 Å². The molecule has 2 heterocycles. The molecule has 0 bridgehead atoms. The van der Waals surface area contributed by atoms with Crippen LogP contribution in [0.15, 0.2) is 6.07 Å². The number of benzene rings is 1. The van der Waals surface area contributed by atoms with Crippen LogP contribution >= 0.6 is 11.6 Å². The Morgan fingerprint density at radius 2 is 2.10 bits per heavy atom. The molecular formula is C16H23ClN2O. The average Bonchev–Trinajstić information content (AvgIpc) is 2.70. The van der Waals surface area contributed by atoms with Gasteiger partial charge in [-0.3, -0.25) is 0 Å². The first-order valence-corrected chi connectivity index (χ1v) is 7.97. The SMILES string of the molecule is COCCN1CCCc2cc3c(c(Cl)c21)CCNCC3. The van der Waals surface area contributed by atoms with Crippen LogP contribution in [0.25, 0.3) is 0 Å². The summed E-state index contributed by atoms with van der Waals surface area (Å²) in [5.41, 5.74) is 5.51. The molecule has 3 nitrogen and oxygen atoms in total. The van der Waals surface area contributed by atoms with Crippen LogP contribution in [-0.2, 0) is 24.0 Å². The number of nitrogens with zero attached hydrogens (tertiary/aromatic N) is 1. The maximum absolute atomic E-state index is 6.78. The van der Waals surface area contributed by atoms with Crippen LogP contribution in [0, 0.1) is 0 Å². The van der Waals surface area contributed by atoms with Gasteiger partial charge in [-0.15, -0.1) is 0 Å². The average molecular weight is 295 g/mol. The molecule has 2 aliphatic heterocycles. The van der Waals surface area contributed by atoms with Crippen LogP contribution in [-0.4, -0.2) is 39.9 Å². The van der Waals surface area contributed by atoms with Crippen LogP contribution in [0.2, 0.25) is 5.02 Å². The Bertz CT molecular complexity index is 490. The number of fused-ring (bicyclic) bond motifs is 2. The molecule has 4 heteroatoms. The third kappa shape index (κ3) is 2.67. The van der Waals surface area contributed by atoms with E-state index >= 15 is 0 Å². The van der Waals surface area contributed by atoms with Crippen LogP contribution in [0.5, 0.6) is 0 Å². The van der Waals surface area contributed by atoms with Crippen molar-refractivity contribution in [1.29, 1.82) is 0 Å². The van der Waals surface area contributed by atoms with Crippen LogP contribution in [0.1, 0.15) is 23.1 Å². The van der Waals surface area contributed by atoms with E-state index in [1.165, 1.54) is 28.8 Å². The van der Waals surface area contributed by atoms with E-state index in [1.807, 2.05) is 0 Å². The number of hydrogen-bond donors (Lipinski definition) is 1.